The first-order valence-corrected chi connectivity index (χ1v) is 18.6. The van der Waals surface area contributed by atoms with E-state index in [0.717, 1.165) is 11.1 Å². The van der Waals surface area contributed by atoms with Crippen LogP contribution in [-0.2, 0) is 41.6 Å². The van der Waals surface area contributed by atoms with Crippen LogP contribution < -0.4 is 27.1 Å². The molecule has 0 fully saturated rings. The largest absolute Gasteiger partial charge is 0.457 e. The fourth-order valence-electron chi connectivity index (χ4n) is 6.02. The maximum Gasteiger partial charge on any atom is 0.374 e. The minimum Gasteiger partial charge on any atom is -0.457 e. The molecule has 0 saturated heterocycles. The number of carbonyl (C=O) groups is 6. The van der Waals surface area contributed by atoms with Gasteiger partial charge in [0.1, 0.15) is 24.1 Å². The lowest BCUT2D eigenvalue weighted by molar-refractivity contribution is -0.139. The van der Waals surface area contributed by atoms with Crippen molar-refractivity contribution in [3.8, 4) is 0 Å². The number of primary amides is 1. The minimum atomic E-state index is -1.22. The van der Waals surface area contributed by atoms with Crippen molar-refractivity contribution < 1.29 is 37.9 Å². The number of rotatable bonds is 21. The van der Waals surface area contributed by atoms with E-state index in [4.69, 9.17) is 14.9 Å². The molecule has 14 nitrogen and oxygen atoms in total. The van der Waals surface area contributed by atoms with Gasteiger partial charge in [-0.1, -0.05) is 102 Å². The molecule has 3 rings (SSSR count). The smallest absolute Gasteiger partial charge is 0.374 e. The lowest BCUT2D eigenvalue weighted by Crippen LogP contribution is -2.60. The molecule has 0 saturated carbocycles. The average molecular weight is 761 g/mol. The van der Waals surface area contributed by atoms with Gasteiger partial charge in [-0.15, -0.1) is 0 Å². The van der Waals surface area contributed by atoms with E-state index in [1.165, 1.54) is 19.3 Å². The Balaban J connectivity index is 1.97. The maximum atomic E-state index is 14.0. The number of nitrogens with zero attached hydrogens (tertiary/aromatic N) is 1. The molecule has 0 bridgehead atoms. The van der Waals surface area contributed by atoms with Gasteiger partial charge in [0.05, 0.1) is 18.8 Å². The zero-order valence-electron chi connectivity index (χ0n) is 32.7. The number of benzene rings is 2. The number of nitrogens with one attached hydrogen (secondary N) is 4. The molecular formula is C41H56N6O8. The van der Waals surface area contributed by atoms with Crippen molar-refractivity contribution in [3.63, 3.8) is 0 Å². The quantitative estimate of drug-likeness (QED) is 0.0614. The molecule has 0 aliphatic rings. The van der Waals surface area contributed by atoms with E-state index in [2.05, 4.69) is 21.4 Å². The van der Waals surface area contributed by atoms with Crippen molar-refractivity contribution >= 4 is 35.5 Å². The topological polar surface area (TPSA) is 202 Å². The van der Waals surface area contributed by atoms with Crippen LogP contribution in [0, 0.1) is 23.7 Å². The Labute approximate surface area is 323 Å². The molecule has 5 amide bonds. The summed E-state index contributed by atoms with van der Waals surface area (Å²) >= 11 is 0. The number of amides is 5. The summed E-state index contributed by atoms with van der Waals surface area (Å²) in [6.45, 7) is 12.5. The van der Waals surface area contributed by atoms with E-state index in [9.17, 15) is 28.8 Å². The second kappa shape index (κ2) is 21.4. The standard InChI is InChI=1S/C41H56N6O8/c1-25(2)23-47(46-40(52)36(27(5)6)45-38(50)31(37(42)49)21-29-15-10-8-11-16-29)24-34(55-41(53)33-19-14-20-54-33)32(22-30-17-12-9-13-18-30)44-39(51)35(26(3)4)43-28(7)48/h8-20,25-27,31-32,34-36H,21-24H2,1-7H3,(H2,42,49)(H,43,48)(H,44,51)(H,45,50)(H,46,52)/t31?,32?,34?,35-,36-/m0/s1. The third-order valence-electron chi connectivity index (χ3n) is 8.81. The van der Waals surface area contributed by atoms with Gasteiger partial charge in [0, 0.05) is 13.5 Å². The van der Waals surface area contributed by atoms with E-state index in [1.54, 1.807) is 63.0 Å². The van der Waals surface area contributed by atoms with Crippen LogP contribution in [0.25, 0.3) is 0 Å². The lowest BCUT2D eigenvalue weighted by atomic mass is 9.96. The van der Waals surface area contributed by atoms with Gasteiger partial charge in [0.15, 0.2) is 0 Å². The Morgan fingerprint density at radius 1 is 0.691 bits per heavy atom. The fourth-order valence-corrected chi connectivity index (χ4v) is 6.02. The van der Waals surface area contributed by atoms with Crippen LogP contribution in [0.5, 0.6) is 0 Å². The highest BCUT2D eigenvalue weighted by Gasteiger charge is 2.36. The van der Waals surface area contributed by atoms with Gasteiger partial charge >= 0.3 is 5.97 Å². The first kappa shape index (κ1) is 43.9. The lowest BCUT2D eigenvalue weighted by Gasteiger charge is -2.35. The van der Waals surface area contributed by atoms with E-state index >= 15 is 0 Å². The number of hydrazine groups is 1. The molecule has 0 radical (unpaired) electrons. The number of hydrogen-bond acceptors (Lipinski definition) is 9. The van der Waals surface area contributed by atoms with E-state index < -0.39 is 65.7 Å². The molecule has 2 aromatic carbocycles. The summed E-state index contributed by atoms with van der Waals surface area (Å²) in [6.07, 6.45) is 0.537. The van der Waals surface area contributed by atoms with Crippen LogP contribution in [0.1, 0.15) is 70.1 Å². The number of hydrogen-bond donors (Lipinski definition) is 5. The van der Waals surface area contributed by atoms with Crippen LogP contribution in [0.4, 0.5) is 0 Å². The molecule has 0 spiro atoms. The summed E-state index contributed by atoms with van der Waals surface area (Å²) in [5.74, 6) is -5.70. The second-order valence-corrected chi connectivity index (χ2v) is 14.8. The van der Waals surface area contributed by atoms with Crippen molar-refractivity contribution in [2.24, 2.45) is 29.4 Å². The molecule has 3 aromatic rings. The summed E-state index contributed by atoms with van der Waals surface area (Å²) in [4.78, 5) is 79.3. The molecule has 14 heteroatoms. The third-order valence-corrected chi connectivity index (χ3v) is 8.81. The molecule has 1 aromatic heterocycles. The SMILES string of the molecule is CC(=O)N[C@H](C(=O)NC(Cc1ccccc1)C(CN(CC(C)C)NC(=O)[C@@H](NC(=O)C(Cc1ccccc1)C(N)=O)C(C)C)OC(=O)c1ccco1)C(C)C. The number of carbonyl (C=O) groups excluding carboxylic acids is 6. The maximum absolute atomic E-state index is 14.0. The third kappa shape index (κ3) is 14.3. The van der Waals surface area contributed by atoms with Gasteiger partial charge in [-0.3, -0.25) is 29.4 Å². The minimum absolute atomic E-state index is 0.00816. The Morgan fingerprint density at radius 3 is 1.75 bits per heavy atom. The predicted octanol–water partition coefficient (Wildman–Crippen LogP) is 3.17. The second-order valence-electron chi connectivity index (χ2n) is 14.8. The number of esters is 1. The van der Waals surface area contributed by atoms with E-state index in [0.29, 0.717) is 0 Å². The zero-order chi connectivity index (χ0) is 40.7. The molecule has 1 heterocycles. The van der Waals surface area contributed by atoms with E-state index in [1.807, 2.05) is 50.2 Å². The van der Waals surface area contributed by atoms with Gasteiger partial charge in [-0.05, 0) is 53.9 Å². The molecule has 6 N–H and O–H groups in total. The molecule has 0 aliphatic carbocycles. The molecule has 55 heavy (non-hydrogen) atoms. The predicted molar refractivity (Wildman–Crippen MR) is 207 cm³/mol. The van der Waals surface area contributed by atoms with Crippen molar-refractivity contribution in [1.29, 1.82) is 0 Å². The number of ether oxygens (including phenoxy) is 1. The zero-order valence-corrected chi connectivity index (χ0v) is 32.7. The number of furan rings is 1. The van der Waals surface area contributed by atoms with Crippen molar-refractivity contribution in [2.75, 3.05) is 13.1 Å². The highest BCUT2D eigenvalue weighted by Crippen LogP contribution is 2.17. The normalized spacial score (nSPS) is 14.1. The summed E-state index contributed by atoms with van der Waals surface area (Å²) in [6, 6.07) is 18.5. The Kier molecular flexibility index (Phi) is 17.1. The van der Waals surface area contributed by atoms with Crippen molar-refractivity contribution in [3.05, 3.63) is 95.9 Å². The van der Waals surface area contributed by atoms with Crippen LogP contribution in [0.3, 0.4) is 0 Å². The summed E-state index contributed by atoms with van der Waals surface area (Å²) in [7, 11) is 0. The summed E-state index contributed by atoms with van der Waals surface area (Å²) in [5, 5.41) is 10.0. The Hall–Kier alpha value is -5.50. The highest BCUT2D eigenvalue weighted by molar-refractivity contribution is 6.01. The number of nitrogens with two attached hydrogens (primary N) is 1. The highest BCUT2D eigenvalue weighted by atomic mass is 16.6. The average Bonchev–Trinajstić information content (AvgIpc) is 3.67. The first-order chi connectivity index (χ1) is 26.0. The Bertz CT molecular complexity index is 1700. The van der Waals surface area contributed by atoms with Crippen LogP contribution in [-0.4, -0.2) is 77.8 Å². The van der Waals surface area contributed by atoms with Gasteiger partial charge in [0.25, 0.3) is 5.91 Å². The van der Waals surface area contributed by atoms with Gasteiger partial charge in [-0.25, -0.2) is 9.80 Å². The molecule has 5 atom stereocenters. The summed E-state index contributed by atoms with van der Waals surface area (Å²) in [5.41, 5.74) is 10.1. The van der Waals surface area contributed by atoms with Crippen LogP contribution >= 0.6 is 0 Å². The van der Waals surface area contributed by atoms with Crippen molar-refractivity contribution in [2.45, 2.75) is 85.5 Å². The fraction of sp³-hybridized carbons (Fsp3) is 0.463. The van der Waals surface area contributed by atoms with Gasteiger partial charge < -0.3 is 30.8 Å². The van der Waals surface area contributed by atoms with Gasteiger partial charge in [0.2, 0.25) is 29.4 Å². The summed E-state index contributed by atoms with van der Waals surface area (Å²) < 4.78 is 11.4. The first-order valence-electron chi connectivity index (χ1n) is 18.6. The molecule has 298 valence electrons. The molecule has 3 unspecified atom stereocenters. The Morgan fingerprint density at radius 2 is 1.25 bits per heavy atom. The monoisotopic (exact) mass is 760 g/mol. The molecular weight excluding hydrogens is 704 g/mol. The molecule has 0 aliphatic heterocycles. The van der Waals surface area contributed by atoms with Gasteiger partial charge in [-0.2, -0.15) is 0 Å². The van der Waals surface area contributed by atoms with Crippen LogP contribution in [0.2, 0.25) is 0 Å². The van der Waals surface area contributed by atoms with Crippen LogP contribution in [0.15, 0.2) is 83.5 Å². The van der Waals surface area contributed by atoms with E-state index in [-0.39, 0.29) is 49.4 Å². The van der Waals surface area contributed by atoms with Crippen molar-refractivity contribution in [1.82, 2.24) is 26.4 Å².